The predicted octanol–water partition coefficient (Wildman–Crippen LogP) is 3.43. The van der Waals surface area contributed by atoms with Gasteiger partial charge in [0.2, 0.25) is 0 Å². The Hall–Kier alpha value is -3.45. The smallest absolute Gasteiger partial charge is 0.293 e. The van der Waals surface area contributed by atoms with E-state index in [1.807, 2.05) is 36.4 Å². The van der Waals surface area contributed by atoms with Gasteiger partial charge in [-0.05, 0) is 35.0 Å². The van der Waals surface area contributed by atoms with Gasteiger partial charge >= 0.3 is 0 Å². The number of nitrogens with one attached hydrogen (secondary N) is 1. The van der Waals surface area contributed by atoms with Crippen molar-refractivity contribution in [1.82, 2.24) is 0 Å². The van der Waals surface area contributed by atoms with Crippen molar-refractivity contribution in [3.05, 3.63) is 76.3 Å². The highest BCUT2D eigenvalue weighted by molar-refractivity contribution is 6.06. The maximum atomic E-state index is 12.5. The second kappa shape index (κ2) is 7.84. The van der Waals surface area contributed by atoms with Gasteiger partial charge in [-0.2, -0.15) is 0 Å². The first-order valence-corrected chi connectivity index (χ1v) is 8.40. The van der Waals surface area contributed by atoms with Crippen LogP contribution in [0.3, 0.4) is 0 Å². The monoisotopic (exact) mass is 365 g/mol. The number of carbonyl (C=O) groups is 1. The third-order valence-electron chi connectivity index (χ3n) is 4.29. The molecule has 7 nitrogen and oxygen atoms in total. The second-order valence-corrected chi connectivity index (χ2v) is 6.12. The highest BCUT2D eigenvalue weighted by atomic mass is 16.6. The zero-order chi connectivity index (χ0) is 19.4. The first kappa shape index (κ1) is 18.3. The molecule has 138 valence electrons. The number of rotatable bonds is 6. The molecule has 0 saturated carbocycles. The summed E-state index contributed by atoms with van der Waals surface area (Å²) in [6.45, 7) is 0.126. The molecule has 0 aliphatic carbocycles. The summed E-state index contributed by atoms with van der Waals surface area (Å²) < 4.78 is 0. The Bertz CT molecular complexity index is 1000. The molecule has 0 unspecified atom stereocenters. The van der Waals surface area contributed by atoms with Crippen molar-refractivity contribution in [2.45, 2.75) is 0 Å². The fraction of sp³-hybridized carbons (Fsp3) is 0.150. The summed E-state index contributed by atoms with van der Waals surface area (Å²) in [4.78, 5) is 25.0. The van der Waals surface area contributed by atoms with Gasteiger partial charge in [-0.15, -0.1) is 0 Å². The molecule has 7 heteroatoms. The van der Waals surface area contributed by atoms with E-state index in [0.29, 0.717) is 11.4 Å². The number of fused-ring (bicyclic) bond motifs is 1. The van der Waals surface area contributed by atoms with Crippen molar-refractivity contribution in [2.75, 3.05) is 30.4 Å². The fourth-order valence-corrected chi connectivity index (χ4v) is 2.87. The summed E-state index contributed by atoms with van der Waals surface area (Å²) in [5.74, 6) is -0.426. The molecule has 3 aromatic rings. The van der Waals surface area contributed by atoms with Gasteiger partial charge in [0.1, 0.15) is 5.69 Å². The van der Waals surface area contributed by atoms with Crippen molar-refractivity contribution in [3.8, 4) is 0 Å². The van der Waals surface area contributed by atoms with E-state index in [0.717, 1.165) is 10.8 Å². The number of aliphatic hydroxyl groups is 1. The maximum Gasteiger partial charge on any atom is 0.293 e. The van der Waals surface area contributed by atoms with Gasteiger partial charge in [0, 0.05) is 30.9 Å². The SMILES string of the molecule is CN(CCO)c1ccc(C(=O)Nc2ccc3ccccc3c2)cc1[N+](=O)[O-]. The Labute approximate surface area is 156 Å². The summed E-state index contributed by atoms with van der Waals surface area (Å²) in [6.07, 6.45) is 0. The van der Waals surface area contributed by atoms with Gasteiger partial charge in [0.05, 0.1) is 11.5 Å². The van der Waals surface area contributed by atoms with Crippen molar-refractivity contribution in [1.29, 1.82) is 0 Å². The van der Waals surface area contributed by atoms with E-state index in [1.165, 1.54) is 18.2 Å². The zero-order valence-corrected chi connectivity index (χ0v) is 14.8. The lowest BCUT2D eigenvalue weighted by molar-refractivity contribution is -0.384. The van der Waals surface area contributed by atoms with E-state index in [9.17, 15) is 14.9 Å². The summed E-state index contributed by atoms with van der Waals surface area (Å²) in [5, 5.41) is 25.2. The number of benzene rings is 3. The van der Waals surface area contributed by atoms with E-state index in [4.69, 9.17) is 5.11 Å². The summed E-state index contributed by atoms with van der Waals surface area (Å²) in [6, 6.07) is 17.6. The van der Waals surface area contributed by atoms with Gasteiger partial charge in [0.15, 0.2) is 0 Å². The molecule has 3 rings (SSSR count). The van der Waals surface area contributed by atoms with Crippen LogP contribution in [0.1, 0.15) is 10.4 Å². The highest BCUT2D eigenvalue weighted by Gasteiger charge is 2.20. The number of aliphatic hydroxyl groups excluding tert-OH is 1. The zero-order valence-electron chi connectivity index (χ0n) is 14.8. The number of carbonyl (C=O) groups excluding carboxylic acids is 1. The average molecular weight is 365 g/mol. The molecule has 0 bridgehead atoms. The molecule has 2 N–H and O–H groups in total. The lowest BCUT2D eigenvalue weighted by Gasteiger charge is -2.18. The van der Waals surface area contributed by atoms with Crippen LogP contribution in [0.5, 0.6) is 0 Å². The molecular formula is C20H19N3O4. The number of amides is 1. The molecular weight excluding hydrogens is 346 g/mol. The number of likely N-dealkylation sites (N-methyl/N-ethyl adjacent to an activating group) is 1. The molecule has 3 aromatic carbocycles. The quantitative estimate of drug-likeness (QED) is 0.515. The van der Waals surface area contributed by atoms with E-state index < -0.39 is 10.8 Å². The lowest BCUT2D eigenvalue weighted by atomic mass is 10.1. The molecule has 0 spiro atoms. The number of nitro benzene ring substituents is 1. The van der Waals surface area contributed by atoms with Gasteiger partial charge in [-0.1, -0.05) is 30.3 Å². The van der Waals surface area contributed by atoms with Crippen LogP contribution in [-0.2, 0) is 0 Å². The molecule has 0 aliphatic rings. The molecule has 1 amide bonds. The van der Waals surface area contributed by atoms with E-state index in [2.05, 4.69) is 5.32 Å². The molecule has 0 fully saturated rings. The molecule has 0 saturated heterocycles. The van der Waals surface area contributed by atoms with Crippen LogP contribution in [0.2, 0.25) is 0 Å². The minimum absolute atomic E-state index is 0.127. The van der Waals surface area contributed by atoms with Crippen LogP contribution in [0.4, 0.5) is 17.1 Å². The van der Waals surface area contributed by atoms with Gasteiger partial charge in [-0.3, -0.25) is 14.9 Å². The Morgan fingerprint density at radius 3 is 2.56 bits per heavy atom. The number of hydrogen-bond acceptors (Lipinski definition) is 5. The van der Waals surface area contributed by atoms with Crippen molar-refractivity contribution >= 4 is 33.7 Å². The standard InChI is InChI=1S/C20H19N3O4/c1-22(10-11-24)18-9-7-16(13-19(18)23(26)27)20(25)21-17-8-6-14-4-2-3-5-15(14)12-17/h2-9,12-13,24H,10-11H2,1H3,(H,21,25). The van der Waals surface area contributed by atoms with Gasteiger partial charge in [-0.25, -0.2) is 0 Å². The van der Waals surface area contributed by atoms with Crippen LogP contribution in [0.25, 0.3) is 10.8 Å². The summed E-state index contributed by atoms with van der Waals surface area (Å²) >= 11 is 0. The van der Waals surface area contributed by atoms with E-state index in [1.54, 1.807) is 18.0 Å². The molecule has 0 atom stereocenters. The number of hydrogen-bond donors (Lipinski definition) is 2. The van der Waals surface area contributed by atoms with Crippen LogP contribution < -0.4 is 10.2 Å². The van der Waals surface area contributed by atoms with Crippen molar-refractivity contribution in [3.63, 3.8) is 0 Å². The Balaban J connectivity index is 1.87. The molecule has 0 radical (unpaired) electrons. The summed E-state index contributed by atoms with van der Waals surface area (Å²) in [5.41, 5.74) is 0.965. The molecule has 27 heavy (non-hydrogen) atoms. The van der Waals surface area contributed by atoms with Crippen LogP contribution >= 0.6 is 0 Å². The first-order chi connectivity index (χ1) is 13.0. The number of anilines is 2. The minimum atomic E-state index is -0.532. The number of nitrogens with zero attached hydrogens (tertiary/aromatic N) is 2. The summed E-state index contributed by atoms with van der Waals surface area (Å²) in [7, 11) is 1.65. The third kappa shape index (κ3) is 4.04. The molecule has 0 aliphatic heterocycles. The molecule has 0 aromatic heterocycles. The fourth-order valence-electron chi connectivity index (χ4n) is 2.87. The topological polar surface area (TPSA) is 95.7 Å². The lowest BCUT2D eigenvalue weighted by Crippen LogP contribution is -2.22. The van der Waals surface area contributed by atoms with Crippen molar-refractivity contribution in [2.24, 2.45) is 0 Å². The average Bonchev–Trinajstić information content (AvgIpc) is 2.67. The van der Waals surface area contributed by atoms with Crippen LogP contribution in [0, 0.1) is 10.1 Å². The Morgan fingerprint density at radius 1 is 1.11 bits per heavy atom. The van der Waals surface area contributed by atoms with Gasteiger partial charge < -0.3 is 15.3 Å². The first-order valence-electron chi connectivity index (χ1n) is 8.40. The highest BCUT2D eigenvalue weighted by Crippen LogP contribution is 2.29. The largest absolute Gasteiger partial charge is 0.395 e. The number of nitro groups is 1. The minimum Gasteiger partial charge on any atom is -0.395 e. The maximum absolute atomic E-state index is 12.5. The normalized spacial score (nSPS) is 10.6. The Kier molecular flexibility index (Phi) is 5.33. The van der Waals surface area contributed by atoms with Gasteiger partial charge in [0.25, 0.3) is 11.6 Å². The van der Waals surface area contributed by atoms with E-state index >= 15 is 0 Å². The predicted molar refractivity (Wildman–Crippen MR) is 105 cm³/mol. The molecule has 0 heterocycles. The van der Waals surface area contributed by atoms with Crippen LogP contribution in [-0.4, -0.2) is 36.1 Å². The van der Waals surface area contributed by atoms with Crippen molar-refractivity contribution < 1.29 is 14.8 Å². The third-order valence-corrected chi connectivity index (χ3v) is 4.29. The Morgan fingerprint density at radius 2 is 1.85 bits per heavy atom. The van der Waals surface area contributed by atoms with Crippen LogP contribution in [0.15, 0.2) is 60.7 Å². The second-order valence-electron chi connectivity index (χ2n) is 6.12. The van der Waals surface area contributed by atoms with E-state index in [-0.39, 0.29) is 24.4 Å².